The highest BCUT2D eigenvalue weighted by Gasteiger charge is 2.30. The van der Waals surface area contributed by atoms with Gasteiger partial charge in [0.15, 0.2) is 0 Å². The number of nitrogens with zero attached hydrogens (tertiary/aromatic N) is 1. The van der Waals surface area contributed by atoms with Crippen molar-refractivity contribution in [1.82, 2.24) is 0 Å². The van der Waals surface area contributed by atoms with Crippen LogP contribution in [0, 0.1) is 33.6 Å². The first-order valence-corrected chi connectivity index (χ1v) is 8.98. The van der Waals surface area contributed by atoms with E-state index in [1.165, 1.54) is 0 Å². The Morgan fingerprint density at radius 1 is 0.880 bits per heavy atom. The van der Waals surface area contributed by atoms with Crippen LogP contribution >= 0.6 is 0 Å². The molecule has 3 rings (SSSR count). The van der Waals surface area contributed by atoms with Gasteiger partial charge in [-0.2, -0.15) is 0 Å². The van der Waals surface area contributed by atoms with Crippen molar-refractivity contribution in [2.45, 2.75) is 46.5 Å². The van der Waals surface area contributed by atoms with E-state index in [4.69, 9.17) is 0 Å². The normalized spacial score (nSPS) is 17.2. The lowest BCUT2D eigenvalue weighted by Crippen LogP contribution is -2.20. The smallest absolute Gasteiger partial charge is 0.122 e. The predicted octanol–water partition coefficient (Wildman–Crippen LogP) is 4.94. The van der Waals surface area contributed by atoms with Crippen LogP contribution in [0.2, 0.25) is 0 Å². The Morgan fingerprint density at radius 2 is 1.40 bits per heavy atom. The van der Waals surface area contributed by atoms with Gasteiger partial charge in [-0.1, -0.05) is 35.4 Å². The molecule has 0 fully saturated rings. The molecule has 1 aliphatic rings. The van der Waals surface area contributed by atoms with Crippen molar-refractivity contribution >= 4 is 6.21 Å². The average molecular weight is 337 g/mol. The number of hydrogen-bond donors (Lipinski definition) is 2. The molecular weight excluding hydrogens is 310 g/mol. The maximum Gasteiger partial charge on any atom is 0.122 e. The molecule has 0 bridgehead atoms. The van der Waals surface area contributed by atoms with Gasteiger partial charge >= 0.3 is 0 Å². The van der Waals surface area contributed by atoms with Crippen LogP contribution in [-0.2, 0) is 0 Å². The van der Waals surface area contributed by atoms with E-state index in [-0.39, 0.29) is 11.8 Å². The molecule has 1 aliphatic heterocycles. The van der Waals surface area contributed by atoms with Crippen LogP contribution in [0.5, 0.6) is 11.5 Å². The summed E-state index contributed by atoms with van der Waals surface area (Å²) in [5.74, 6) is 0.732. The van der Waals surface area contributed by atoms with Gasteiger partial charge < -0.3 is 10.2 Å². The van der Waals surface area contributed by atoms with Gasteiger partial charge in [0.2, 0.25) is 0 Å². The minimum absolute atomic E-state index is 0.0961. The molecule has 2 aromatic carbocycles. The van der Waals surface area contributed by atoms with Crippen LogP contribution in [0.15, 0.2) is 29.3 Å². The summed E-state index contributed by atoms with van der Waals surface area (Å²) >= 11 is 0. The molecule has 2 N–H and O–H groups in total. The van der Waals surface area contributed by atoms with E-state index >= 15 is 0 Å². The van der Waals surface area contributed by atoms with Crippen molar-refractivity contribution < 1.29 is 10.2 Å². The minimum Gasteiger partial charge on any atom is -0.507 e. The number of aryl methyl sites for hydroxylation is 4. The van der Waals surface area contributed by atoms with Gasteiger partial charge in [0.05, 0.1) is 0 Å². The molecule has 25 heavy (non-hydrogen) atoms. The molecule has 1 heterocycles. The van der Waals surface area contributed by atoms with E-state index in [0.717, 1.165) is 52.8 Å². The first-order chi connectivity index (χ1) is 11.9. The first-order valence-electron chi connectivity index (χ1n) is 8.98. The Kier molecular flexibility index (Phi) is 4.85. The summed E-state index contributed by atoms with van der Waals surface area (Å²) in [4.78, 5) is 4.49. The molecular formula is C22H27NO2. The third kappa shape index (κ3) is 3.41. The summed E-state index contributed by atoms with van der Waals surface area (Å²) in [5, 5.41) is 21.6. The van der Waals surface area contributed by atoms with E-state index in [1.807, 2.05) is 58.2 Å². The first kappa shape index (κ1) is 17.5. The second-order valence-corrected chi connectivity index (χ2v) is 7.38. The third-order valence-electron chi connectivity index (χ3n) is 5.17. The highest BCUT2D eigenvalue weighted by Crippen LogP contribution is 2.44. The molecule has 0 radical (unpaired) electrons. The maximum atomic E-state index is 10.8. The third-order valence-corrected chi connectivity index (χ3v) is 5.17. The lowest BCUT2D eigenvalue weighted by Gasteiger charge is -2.29. The average Bonchev–Trinajstić information content (AvgIpc) is 2.57. The van der Waals surface area contributed by atoms with Crippen molar-refractivity contribution in [3.8, 4) is 11.5 Å². The number of rotatable bonds is 3. The number of phenolic OH excluding ortho intramolecular Hbond substituents is 2. The molecule has 3 nitrogen and oxygen atoms in total. The Bertz CT molecular complexity index is 766. The van der Waals surface area contributed by atoms with Crippen molar-refractivity contribution in [1.29, 1.82) is 0 Å². The molecule has 0 amide bonds. The van der Waals surface area contributed by atoms with Crippen LogP contribution in [0.3, 0.4) is 0 Å². The Labute approximate surface area is 150 Å². The molecule has 0 aliphatic carbocycles. The summed E-state index contributed by atoms with van der Waals surface area (Å²) in [6.45, 7) is 8.81. The van der Waals surface area contributed by atoms with Gasteiger partial charge in [-0.15, -0.1) is 0 Å². The van der Waals surface area contributed by atoms with Crippen molar-refractivity contribution in [3.63, 3.8) is 0 Å². The molecule has 2 aromatic rings. The van der Waals surface area contributed by atoms with Crippen LogP contribution < -0.4 is 0 Å². The summed E-state index contributed by atoms with van der Waals surface area (Å²) < 4.78 is 0. The van der Waals surface area contributed by atoms with Gasteiger partial charge in [0.25, 0.3) is 0 Å². The fraction of sp³-hybridized carbons (Fsp3) is 0.409. The van der Waals surface area contributed by atoms with E-state index < -0.39 is 0 Å². The van der Waals surface area contributed by atoms with Gasteiger partial charge in [0.1, 0.15) is 11.5 Å². The van der Waals surface area contributed by atoms with Gasteiger partial charge in [-0.05, 0) is 51.7 Å². The van der Waals surface area contributed by atoms with E-state index in [1.54, 1.807) is 0 Å². The van der Waals surface area contributed by atoms with Crippen LogP contribution in [0.25, 0.3) is 0 Å². The standard InChI is InChI=1S/C22H27NO2/c1-13-8-15(3)21(24)18(10-13)20(17-6-5-7-23-12-17)19-11-14(2)9-16(4)22(19)25/h8-12,17,20,24-25H,5-7H2,1-4H3. The Balaban J connectivity index is 2.25. The number of benzene rings is 2. The van der Waals surface area contributed by atoms with Crippen LogP contribution in [0.1, 0.15) is 52.1 Å². The molecule has 0 spiro atoms. The van der Waals surface area contributed by atoms with Gasteiger partial charge in [-0.25, -0.2) is 0 Å². The predicted molar refractivity (Wildman–Crippen MR) is 103 cm³/mol. The second kappa shape index (κ2) is 6.91. The van der Waals surface area contributed by atoms with Crippen LogP contribution in [0.4, 0.5) is 0 Å². The highest BCUT2D eigenvalue weighted by atomic mass is 16.3. The van der Waals surface area contributed by atoms with Crippen molar-refractivity contribution in [2.24, 2.45) is 10.9 Å². The zero-order valence-corrected chi connectivity index (χ0v) is 15.5. The lowest BCUT2D eigenvalue weighted by atomic mass is 9.76. The van der Waals surface area contributed by atoms with Crippen molar-refractivity contribution in [3.05, 3.63) is 57.6 Å². The molecule has 0 saturated carbocycles. The van der Waals surface area contributed by atoms with Crippen molar-refractivity contribution in [2.75, 3.05) is 6.54 Å². The van der Waals surface area contributed by atoms with E-state index in [9.17, 15) is 10.2 Å². The summed E-state index contributed by atoms with van der Waals surface area (Å²) in [7, 11) is 0. The lowest BCUT2D eigenvalue weighted by molar-refractivity contribution is 0.430. The van der Waals surface area contributed by atoms with Gasteiger partial charge in [-0.3, -0.25) is 4.99 Å². The summed E-state index contributed by atoms with van der Waals surface area (Å²) in [5.41, 5.74) is 5.75. The zero-order chi connectivity index (χ0) is 18.1. The molecule has 1 atom stereocenters. The number of aliphatic imine (C=N–C) groups is 1. The molecule has 3 heteroatoms. The molecule has 1 unspecified atom stereocenters. The molecule has 0 saturated heterocycles. The van der Waals surface area contributed by atoms with Gasteiger partial charge in [0, 0.05) is 35.7 Å². The highest BCUT2D eigenvalue weighted by molar-refractivity contribution is 5.67. The fourth-order valence-corrected chi connectivity index (χ4v) is 4.04. The number of phenols is 2. The number of hydrogen-bond acceptors (Lipinski definition) is 3. The Hall–Kier alpha value is -2.29. The maximum absolute atomic E-state index is 10.8. The Morgan fingerprint density at radius 3 is 1.84 bits per heavy atom. The molecule has 0 aromatic heterocycles. The fourth-order valence-electron chi connectivity index (χ4n) is 4.04. The quantitative estimate of drug-likeness (QED) is 0.833. The topological polar surface area (TPSA) is 52.8 Å². The monoisotopic (exact) mass is 337 g/mol. The summed E-state index contributed by atoms with van der Waals surface area (Å²) in [6, 6.07) is 8.08. The van der Waals surface area contributed by atoms with Crippen LogP contribution in [-0.4, -0.2) is 23.0 Å². The largest absolute Gasteiger partial charge is 0.507 e. The second-order valence-electron chi connectivity index (χ2n) is 7.38. The SMILES string of the molecule is Cc1cc(C)c(O)c(C(c2cc(C)cc(C)c2O)C2C=NCCC2)c1. The molecule has 132 valence electrons. The summed E-state index contributed by atoms with van der Waals surface area (Å²) in [6.07, 6.45) is 4.06. The zero-order valence-electron chi connectivity index (χ0n) is 15.5. The van der Waals surface area contributed by atoms with E-state index in [0.29, 0.717) is 11.5 Å². The van der Waals surface area contributed by atoms with E-state index in [2.05, 4.69) is 4.99 Å². The number of aromatic hydroxyl groups is 2. The minimum atomic E-state index is -0.0961.